The monoisotopic (exact) mass is 368 g/mol. The van der Waals surface area contributed by atoms with Crippen LogP contribution in [0.25, 0.3) is 0 Å². The number of carbonyl (C=O) groups excluding carboxylic acids is 2. The van der Waals surface area contributed by atoms with Crippen LogP contribution in [0.5, 0.6) is 0 Å². The summed E-state index contributed by atoms with van der Waals surface area (Å²) in [6, 6.07) is -0.102. The summed E-state index contributed by atoms with van der Waals surface area (Å²) in [5, 5.41) is 2.48. The molecule has 1 aromatic rings. The SMILES string of the molecule is CC(C)S(=O)(=O)N1CCC(NC(=O)c2coc3c2C(=O)CCC3)CC1. The molecule has 8 heteroatoms. The Hall–Kier alpha value is -1.67. The van der Waals surface area contributed by atoms with Crippen LogP contribution in [-0.4, -0.2) is 48.8 Å². The van der Waals surface area contributed by atoms with Gasteiger partial charge in [-0.05, 0) is 33.1 Å². The van der Waals surface area contributed by atoms with Gasteiger partial charge in [0.1, 0.15) is 12.0 Å². The van der Waals surface area contributed by atoms with Crippen LogP contribution in [0.4, 0.5) is 0 Å². The zero-order chi connectivity index (χ0) is 18.2. The topological polar surface area (TPSA) is 96.7 Å². The van der Waals surface area contributed by atoms with E-state index in [9.17, 15) is 18.0 Å². The van der Waals surface area contributed by atoms with Gasteiger partial charge in [0, 0.05) is 32.0 Å². The first kappa shape index (κ1) is 18.1. The molecule has 0 aromatic carbocycles. The number of nitrogens with zero attached hydrogens (tertiary/aromatic N) is 1. The van der Waals surface area contributed by atoms with Crippen LogP contribution in [0.15, 0.2) is 10.7 Å². The first-order valence-corrected chi connectivity index (χ1v) is 10.2. The Morgan fingerprint density at radius 3 is 2.60 bits per heavy atom. The van der Waals surface area contributed by atoms with Gasteiger partial charge in [0.15, 0.2) is 5.78 Å². The summed E-state index contributed by atoms with van der Waals surface area (Å²) < 4.78 is 31.2. The molecular weight excluding hydrogens is 344 g/mol. The quantitative estimate of drug-likeness (QED) is 0.873. The molecule has 0 spiro atoms. The second-order valence-electron chi connectivity index (χ2n) is 6.96. The van der Waals surface area contributed by atoms with E-state index < -0.39 is 15.3 Å². The Morgan fingerprint density at radius 2 is 1.96 bits per heavy atom. The molecule has 0 atom stereocenters. The highest BCUT2D eigenvalue weighted by Gasteiger charge is 2.32. The lowest BCUT2D eigenvalue weighted by molar-refractivity contribution is 0.0906. The largest absolute Gasteiger partial charge is 0.468 e. The normalized spacial score (nSPS) is 19.9. The van der Waals surface area contributed by atoms with E-state index in [1.807, 2.05) is 0 Å². The van der Waals surface area contributed by atoms with Gasteiger partial charge in [-0.15, -0.1) is 0 Å². The number of aryl methyl sites for hydroxylation is 1. The summed E-state index contributed by atoms with van der Waals surface area (Å²) in [7, 11) is -3.25. The maximum atomic E-state index is 12.5. The first-order chi connectivity index (χ1) is 11.8. The molecule has 2 aliphatic rings. The van der Waals surface area contributed by atoms with E-state index in [1.54, 1.807) is 13.8 Å². The van der Waals surface area contributed by atoms with Crippen molar-refractivity contribution in [3.05, 3.63) is 23.2 Å². The van der Waals surface area contributed by atoms with Gasteiger partial charge in [0.2, 0.25) is 10.0 Å². The van der Waals surface area contributed by atoms with E-state index >= 15 is 0 Å². The molecule has 1 aliphatic carbocycles. The maximum Gasteiger partial charge on any atom is 0.255 e. The van der Waals surface area contributed by atoms with Crippen molar-refractivity contribution in [2.24, 2.45) is 0 Å². The number of hydrogen-bond donors (Lipinski definition) is 1. The van der Waals surface area contributed by atoms with Crippen molar-refractivity contribution in [3.8, 4) is 0 Å². The predicted octanol–water partition coefficient (Wildman–Crippen LogP) is 1.73. The van der Waals surface area contributed by atoms with Crippen LogP contribution in [0, 0.1) is 0 Å². The fourth-order valence-corrected chi connectivity index (χ4v) is 4.72. The third-order valence-electron chi connectivity index (χ3n) is 4.94. The summed E-state index contributed by atoms with van der Waals surface area (Å²) in [4.78, 5) is 24.6. The molecule has 1 amide bonds. The van der Waals surface area contributed by atoms with Crippen LogP contribution in [-0.2, 0) is 16.4 Å². The Labute approximate surface area is 147 Å². The number of amides is 1. The Balaban J connectivity index is 1.63. The lowest BCUT2D eigenvalue weighted by Crippen LogP contribution is -2.48. The molecular formula is C17H24N2O5S. The summed E-state index contributed by atoms with van der Waals surface area (Å²) in [6.07, 6.45) is 4.36. The molecule has 1 aromatic heterocycles. The number of nitrogens with one attached hydrogen (secondary N) is 1. The van der Waals surface area contributed by atoms with E-state index in [2.05, 4.69) is 5.32 Å². The predicted molar refractivity (Wildman–Crippen MR) is 92.1 cm³/mol. The average molecular weight is 368 g/mol. The number of fused-ring (bicyclic) bond motifs is 1. The molecule has 3 rings (SSSR count). The molecule has 138 valence electrons. The summed E-state index contributed by atoms with van der Waals surface area (Å²) in [6.45, 7) is 4.13. The van der Waals surface area contributed by atoms with Gasteiger partial charge in [0.25, 0.3) is 5.91 Å². The van der Waals surface area contributed by atoms with E-state index in [1.165, 1.54) is 10.6 Å². The van der Waals surface area contributed by atoms with Crippen LogP contribution in [0.3, 0.4) is 0 Å². The molecule has 0 bridgehead atoms. The second kappa shape index (κ2) is 6.92. The van der Waals surface area contributed by atoms with E-state index in [0.29, 0.717) is 55.7 Å². The molecule has 1 fully saturated rings. The van der Waals surface area contributed by atoms with Crippen LogP contribution in [0.1, 0.15) is 66.0 Å². The van der Waals surface area contributed by atoms with Crippen molar-refractivity contribution < 1.29 is 22.4 Å². The number of rotatable bonds is 4. The molecule has 1 aliphatic heterocycles. The number of hydrogen-bond acceptors (Lipinski definition) is 5. The third-order valence-corrected chi connectivity index (χ3v) is 7.22. The zero-order valence-corrected chi connectivity index (χ0v) is 15.4. The fraction of sp³-hybridized carbons (Fsp3) is 0.647. The van der Waals surface area contributed by atoms with Gasteiger partial charge in [-0.25, -0.2) is 12.7 Å². The minimum Gasteiger partial charge on any atom is -0.468 e. The van der Waals surface area contributed by atoms with Crippen molar-refractivity contribution in [2.75, 3.05) is 13.1 Å². The molecule has 0 unspecified atom stereocenters. The van der Waals surface area contributed by atoms with Gasteiger partial charge in [-0.2, -0.15) is 0 Å². The van der Waals surface area contributed by atoms with Gasteiger partial charge >= 0.3 is 0 Å². The number of carbonyl (C=O) groups is 2. The third kappa shape index (κ3) is 3.50. The molecule has 1 saturated heterocycles. The lowest BCUT2D eigenvalue weighted by Gasteiger charge is -2.32. The first-order valence-electron chi connectivity index (χ1n) is 8.74. The molecule has 0 radical (unpaired) electrons. The highest BCUT2D eigenvalue weighted by Crippen LogP contribution is 2.26. The van der Waals surface area contributed by atoms with Gasteiger partial charge < -0.3 is 9.73 Å². The van der Waals surface area contributed by atoms with Crippen molar-refractivity contribution in [2.45, 2.75) is 57.2 Å². The summed E-state index contributed by atoms with van der Waals surface area (Å²) >= 11 is 0. The highest BCUT2D eigenvalue weighted by molar-refractivity contribution is 7.89. The zero-order valence-electron chi connectivity index (χ0n) is 14.6. The average Bonchev–Trinajstić information content (AvgIpc) is 3.01. The lowest BCUT2D eigenvalue weighted by atomic mass is 9.93. The number of sulfonamides is 1. The smallest absolute Gasteiger partial charge is 0.255 e. The van der Waals surface area contributed by atoms with Crippen molar-refractivity contribution in [1.29, 1.82) is 0 Å². The Bertz CT molecular complexity index is 773. The van der Waals surface area contributed by atoms with Crippen LogP contribution in [0.2, 0.25) is 0 Å². The highest BCUT2D eigenvalue weighted by atomic mass is 32.2. The van der Waals surface area contributed by atoms with E-state index in [0.717, 1.165) is 6.42 Å². The number of Topliss-reactive ketones (excluding diaryl/α,β-unsaturated/α-hetero) is 1. The van der Waals surface area contributed by atoms with E-state index in [4.69, 9.17) is 4.42 Å². The molecule has 7 nitrogen and oxygen atoms in total. The van der Waals surface area contributed by atoms with Crippen LogP contribution >= 0.6 is 0 Å². The molecule has 25 heavy (non-hydrogen) atoms. The van der Waals surface area contributed by atoms with E-state index in [-0.39, 0.29) is 17.7 Å². The molecule has 1 N–H and O–H groups in total. The maximum absolute atomic E-state index is 12.5. The number of furan rings is 1. The van der Waals surface area contributed by atoms with Gasteiger partial charge in [-0.3, -0.25) is 9.59 Å². The van der Waals surface area contributed by atoms with Gasteiger partial charge in [-0.1, -0.05) is 0 Å². The standard InChI is InChI=1S/C17H24N2O5S/c1-11(2)25(22,23)19-8-6-12(7-9-19)18-17(21)13-10-24-15-5-3-4-14(20)16(13)15/h10-12H,3-9H2,1-2H3,(H,18,21). The summed E-state index contributed by atoms with van der Waals surface area (Å²) in [5.74, 6) is 0.239. The number of piperidine rings is 1. The van der Waals surface area contributed by atoms with Gasteiger partial charge in [0.05, 0.1) is 16.4 Å². The van der Waals surface area contributed by atoms with Crippen molar-refractivity contribution in [3.63, 3.8) is 0 Å². The molecule has 0 saturated carbocycles. The molecule has 2 heterocycles. The second-order valence-corrected chi connectivity index (χ2v) is 9.45. The summed E-state index contributed by atoms with van der Waals surface area (Å²) in [5.41, 5.74) is 0.723. The Kier molecular flexibility index (Phi) is 5.02. The number of ketones is 1. The van der Waals surface area contributed by atoms with Crippen molar-refractivity contribution >= 4 is 21.7 Å². The Morgan fingerprint density at radius 1 is 1.28 bits per heavy atom. The minimum atomic E-state index is -3.25. The minimum absolute atomic E-state index is 0.0435. The fourth-order valence-electron chi connectivity index (χ4n) is 3.41. The van der Waals surface area contributed by atoms with Crippen molar-refractivity contribution in [1.82, 2.24) is 9.62 Å². The van der Waals surface area contributed by atoms with Crippen LogP contribution < -0.4 is 5.32 Å².